The van der Waals surface area contributed by atoms with Crippen molar-refractivity contribution in [3.05, 3.63) is 12.3 Å². The number of carbonyl (C=O) groups is 1. The third-order valence-electron chi connectivity index (χ3n) is 5.75. The zero-order valence-corrected chi connectivity index (χ0v) is 17.5. The molecule has 0 aliphatic carbocycles. The molecular weight excluding hydrogens is 372 g/mol. The molecule has 3 aliphatic heterocycles. The highest BCUT2D eigenvalue weighted by atomic mass is 16.5. The predicted octanol–water partition coefficient (Wildman–Crippen LogP) is 0.0710. The fourth-order valence-corrected chi connectivity index (χ4v) is 4.24. The molecule has 1 amide bonds. The first kappa shape index (κ1) is 20.3. The quantitative estimate of drug-likeness (QED) is 0.698. The van der Waals surface area contributed by atoms with Crippen LogP contribution in [0.4, 0.5) is 11.8 Å². The van der Waals surface area contributed by atoms with Gasteiger partial charge >= 0.3 is 0 Å². The maximum atomic E-state index is 12.7. The minimum atomic E-state index is 0.107. The highest BCUT2D eigenvalue weighted by molar-refractivity contribution is 5.78. The van der Waals surface area contributed by atoms with Crippen molar-refractivity contribution in [1.29, 1.82) is 0 Å². The lowest BCUT2D eigenvalue weighted by atomic mass is 10.2. The molecule has 2 atom stereocenters. The first-order valence-electron chi connectivity index (χ1n) is 10.6. The first-order valence-corrected chi connectivity index (χ1v) is 10.6. The number of rotatable bonds is 4. The molecule has 1 aromatic rings. The van der Waals surface area contributed by atoms with E-state index >= 15 is 0 Å². The maximum Gasteiger partial charge on any atom is 0.236 e. The molecule has 0 radical (unpaired) electrons. The van der Waals surface area contributed by atoms with Gasteiger partial charge in [0.1, 0.15) is 5.82 Å². The zero-order chi connectivity index (χ0) is 20.2. The summed E-state index contributed by atoms with van der Waals surface area (Å²) < 4.78 is 11.2. The molecule has 3 fully saturated rings. The molecule has 4 rings (SSSR count). The molecular formula is C20H32N6O3. The topological polar surface area (TPSA) is 74.3 Å². The summed E-state index contributed by atoms with van der Waals surface area (Å²) in [6, 6.07) is 1.97. The van der Waals surface area contributed by atoms with Crippen LogP contribution in [0.15, 0.2) is 12.3 Å². The fraction of sp³-hybridized carbons (Fsp3) is 0.750. The number of carbonyl (C=O) groups excluding carboxylic acids is 1. The van der Waals surface area contributed by atoms with Crippen molar-refractivity contribution in [2.24, 2.45) is 0 Å². The van der Waals surface area contributed by atoms with Crippen LogP contribution in [0.25, 0.3) is 0 Å². The van der Waals surface area contributed by atoms with E-state index in [1.807, 2.05) is 31.0 Å². The highest BCUT2D eigenvalue weighted by Crippen LogP contribution is 2.18. The van der Waals surface area contributed by atoms with Crippen molar-refractivity contribution in [2.75, 3.05) is 81.9 Å². The second-order valence-electron chi connectivity index (χ2n) is 8.13. The minimum absolute atomic E-state index is 0.107. The summed E-state index contributed by atoms with van der Waals surface area (Å²) >= 11 is 0. The number of amides is 1. The van der Waals surface area contributed by atoms with E-state index in [-0.39, 0.29) is 18.1 Å². The van der Waals surface area contributed by atoms with Crippen LogP contribution in [-0.4, -0.2) is 110 Å². The Balaban J connectivity index is 1.29. The summed E-state index contributed by atoms with van der Waals surface area (Å²) in [6.45, 7) is 12.5. The SMILES string of the molecule is CC1CN(C(=O)CN2CCN(c3nccc(N4CCOCC4)n3)CC2)CC(C)O1. The van der Waals surface area contributed by atoms with Crippen molar-refractivity contribution in [3.63, 3.8) is 0 Å². The predicted molar refractivity (Wildman–Crippen MR) is 110 cm³/mol. The van der Waals surface area contributed by atoms with Crippen LogP contribution in [-0.2, 0) is 14.3 Å². The Labute approximate surface area is 172 Å². The van der Waals surface area contributed by atoms with E-state index in [1.165, 1.54) is 0 Å². The second-order valence-corrected chi connectivity index (χ2v) is 8.13. The molecule has 9 nitrogen and oxygen atoms in total. The number of nitrogens with zero attached hydrogens (tertiary/aromatic N) is 6. The Hall–Kier alpha value is -1.97. The van der Waals surface area contributed by atoms with Crippen molar-refractivity contribution in [1.82, 2.24) is 19.8 Å². The van der Waals surface area contributed by atoms with Gasteiger partial charge < -0.3 is 24.2 Å². The average Bonchev–Trinajstić information content (AvgIpc) is 2.74. The molecule has 3 saturated heterocycles. The van der Waals surface area contributed by atoms with Gasteiger partial charge in [0.25, 0.3) is 0 Å². The van der Waals surface area contributed by atoms with Gasteiger partial charge in [-0.15, -0.1) is 0 Å². The zero-order valence-electron chi connectivity index (χ0n) is 17.5. The largest absolute Gasteiger partial charge is 0.378 e. The molecule has 29 heavy (non-hydrogen) atoms. The van der Waals surface area contributed by atoms with E-state index in [1.54, 1.807) is 0 Å². The van der Waals surface area contributed by atoms with Crippen LogP contribution in [0.5, 0.6) is 0 Å². The number of ether oxygens (including phenoxy) is 2. The molecule has 0 bridgehead atoms. The van der Waals surface area contributed by atoms with E-state index in [9.17, 15) is 4.79 Å². The summed E-state index contributed by atoms with van der Waals surface area (Å²) in [5, 5.41) is 0. The number of piperazine rings is 1. The molecule has 0 aromatic carbocycles. The molecule has 1 aromatic heterocycles. The van der Waals surface area contributed by atoms with Gasteiger partial charge in [-0.25, -0.2) is 4.98 Å². The number of aromatic nitrogens is 2. The minimum Gasteiger partial charge on any atom is -0.378 e. The van der Waals surface area contributed by atoms with Crippen LogP contribution < -0.4 is 9.80 Å². The Morgan fingerprint density at radius 2 is 1.72 bits per heavy atom. The van der Waals surface area contributed by atoms with Gasteiger partial charge in [0.05, 0.1) is 32.0 Å². The summed E-state index contributed by atoms with van der Waals surface area (Å²) in [6.07, 6.45) is 2.05. The lowest BCUT2D eigenvalue weighted by Crippen LogP contribution is -2.54. The van der Waals surface area contributed by atoms with Crippen LogP contribution in [0.1, 0.15) is 13.8 Å². The lowest BCUT2D eigenvalue weighted by Gasteiger charge is -2.38. The van der Waals surface area contributed by atoms with Crippen LogP contribution >= 0.6 is 0 Å². The average molecular weight is 405 g/mol. The van der Waals surface area contributed by atoms with E-state index in [2.05, 4.69) is 19.7 Å². The molecule has 0 saturated carbocycles. The second kappa shape index (κ2) is 9.23. The summed E-state index contributed by atoms with van der Waals surface area (Å²) in [5.74, 6) is 1.94. The van der Waals surface area contributed by atoms with E-state index < -0.39 is 0 Å². The Kier molecular flexibility index (Phi) is 6.46. The van der Waals surface area contributed by atoms with E-state index in [0.29, 0.717) is 19.6 Å². The van der Waals surface area contributed by atoms with Crippen LogP contribution in [0, 0.1) is 0 Å². The molecule has 0 spiro atoms. The number of hydrogen-bond acceptors (Lipinski definition) is 8. The molecule has 3 aliphatic rings. The molecule has 0 N–H and O–H groups in total. The first-order chi connectivity index (χ1) is 14.1. The van der Waals surface area contributed by atoms with Crippen LogP contribution in [0.2, 0.25) is 0 Å². The molecule has 2 unspecified atom stereocenters. The van der Waals surface area contributed by atoms with E-state index in [0.717, 1.165) is 64.2 Å². The highest BCUT2D eigenvalue weighted by Gasteiger charge is 2.28. The standard InChI is InChI=1S/C20H32N6O3/c1-16-13-26(14-17(2)29-16)19(27)15-23-5-7-25(8-6-23)20-21-4-3-18(22-20)24-9-11-28-12-10-24/h3-4,16-17H,5-15H2,1-2H3. The van der Waals surface area contributed by atoms with Gasteiger partial charge in [-0.05, 0) is 19.9 Å². The maximum absolute atomic E-state index is 12.7. The van der Waals surface area contributed by atoms with Gasteiger partial charge in [0.15, 0.2) is 0 Å². The monoisotopic (exact) mass is 404 g/mol. The number of anilines is 2. The fourth-order valence-electron chi connectivity index (χ4n) is 4.24. The van der Waals surface area contributed by atoms with Crippen molar-refractivity contribution >= 4 is 17.7 Å². The molecule has 4 heterocycles. The van der Waals surface area contributed by atoms with Crippen LogP contribution in [0.3, 0.4) is 0 Å². The van der Waals surface area contributed by atoms with Crippen molar-refractivity contribution in [3.8, 4) is 0 Å². The van der Waals surface area contributed by atoms with Gasteiger partial charge in [0, 0.05) is 58.6 Å². The lowest BCUT2D eigenvalue weighted by molar-refractivity contribution is -0.144. The number of morpholine rings is 2. The van der Waals surface area contributed by atoms with Crippen molar-refractivity contribution < 1.29 is 14.3 Å². The van der Waals surface area contributed by atoms with Crippen molar-refractivity contribution in [2.45, 2.75) is 26.1 Å². The van der Waals surface area contributed by atoms with E-state index in [4.69, 9.17) is 14.5 Å². The Morgan fingerprint density at radius 1 is 1.03 bits per heavy atom. The molecule has 160 valence electrons. The van der Waals surface area contributed by atoms with Gasteiger partial charge in [-0.1, -0.05) is 0 Å². The van der Waals surface area contributed by atoms with Gasteiger partial charge in [-0.2, -0.15) is 4.98 Å². The Bertz CT molecular complexity index is 681. The van der Waals surface area contributed by atoms with Gasteiger partial charge in [-0.3, -0.25) is 9.69 Å². The summed E-state index contributed by atoms with van der Waals surface area (Å²) in [4.78, 5) is 30.6. The summed E-state index contributed by atoms with van der Waals surface area (Å²) in [5.41, 5.74) is 0. The summed E-state index contributed by atoms with van der Waals surface area (Å²) in [7, 11) is 0. The normalized spacial score (nSPS) is 26.6. The third kappa shape index (κ3) is 5.15. The third-order valence-corrected chi connectivity index (χ3v) is 5.75. The smallest absolute Gasteiger partial charge is 0.236 e. The molecule has 9 heteroatoms. The number of hydrogen-bond donors (Lipinski definition) is 0. The van der Waals surface area contributed by atoms with Gasteiger partial charge in [0.2, 0.25) is 11.9 Å². The Morgan fingerprint density at radius 3 is 2.41 bits per heavy atom.